The third-order valence-electron chi connectivity index (χ3n) is 5.23. The molecule has 9 heteroatoms. The fourth-order valence-corrected chi connectivity index (χ4v) is 3.57. The molecule has 2 aromatic rings. The Kier molecular flexibility index (Phi) is 4.29. The van der Waals surface area contributed by atoms with Crippen LogP contribution in [0.4, 0.5) is 0 Å². The molecule has 1 aromatic heterocycles. The number of piperidine rings is 1. The average Bonchev–Trinajstić information content (AvgIpc) is 3.24. The van der Waals surface area contributed by atoms with Gasteiger partial charge in [-0.1, -0.05) is 18.2 Å². The van der Waals surface area contributed by atoms with E-state index in [4.69, 9.17) is 0 Å². The molecule has 1 saturated heterocycles. The molecule has 0 atom stereocenters. The molecule has 0 bridgehead atoms. The van der Waals surface area contributed by atoms with Crippen molar-refractivity contribution in [3.63, 3.8) is 0 Å². The second-order valence-corrected chi connectivity index (χ2v) is 7.29. The lowest BCUT2D eigenvalue weighted by Crippen LogP contribution is -2.50. The summed E-state index contributed by atoms with van der Waals surface area (Å²) in [6.07, 6.45) is 0.900. The maximum absolute atomic E-state index is 12.9. The average molecular weight is 382 g/mol. The molecule has 1 aromatic carbocycles. The molecular formula is C19H22N6O3. The van der Waals surface area contributed by atoms with E-state index < -0.39 is 5.54 Å². The van der Waals surface area contributed by atoms with Gasteiger partial charge in [0.2, 0.25) is 5.96 Å². The van der Waals surface area contributed by atoms with Crippen LogP contribution in [-0.2, 0) is 4.79 Å². The van der Waals surface area contributed by atoms with E-state index in [0.717, 1.165) is 0 Å². The Balaban J connectivity index is 1.50. The number of aromatic amines is 1. The lowest BCUT2D eigenvalue weighted by molar-refractivity contribution is -0.125. The largest absolute Gasteiger partial charge is 0.349 e. The highest BCUT2D eigenvalue weighted by molar-refractivity contribution is 6.07. The number of rotatable bonds is 2. The number of amides is 2. The Morgan fingerprint density at radius 2 is 1.82 bits per heavy atom. The first-order valence-corrected chi connectivity index (χ1v) is 9.15. The molecule has 28 heavy (non-hydrogen) atoms. The Morgan fingerprint density at radius 3 is 2.43 bits per heavy atom. The molecule has 2 amide bonds. The van der Waals surface area contributed by atoms with E-state index in [1.165, 1.54) is 10.7 Å². The van der Waals surface area contributed by atoms with Crippen LogP contribution in [-0.4, -0.2) is 70.1 Å². The number of nitrogens with one attached hydrogen (secondary N) is 2. The first-order valence-electron chi connectivity index (χ1n) is 9.15. The Hall–Kier alpha value is -3.36. The zero-order valence-corrected chi connectivity index (χ0v) is 15.8. The summed E-state index contributed by atoms with van der Waals surface area (Å²) in [5, 5.41) is 5.69. The number of nitrogens with zero attached hydrogens (tertiary/aromatic N) is 4. The summed E-state index contributed by atoms with van der Waals surface area (Å²) in [5.74, 6) is 0.179. The van der Waals surface area contributed by atoms with E-state index >= 15 is 0 Å². The van der Waals surface area contributed by atoms with E-state index in [0.29, 0.717) is 37.6 Å². The molecule has 3 heterocycles. The molecule has 0 aliphatic carbocycles. The van der Waals surface area contributed by atoms with Crippen molar-refractivity contribution in [2.75, 3.05) is 27.2 Å². The van der Waals surface area contributed by atoms with Gasteiger partial charge in [0.05, 0.1) is 5.69 Å². The van der Waals surface area contributed by atoms with Crippen molar-refractivity contribution in [2.45, 2.75) is 18.4 Å². The van der Waals surface area contributed by atoms with E-state index in [2.05, 4.69) is 15.4 Å². The second-order valence-electron chi connectivity index (χ2n) is 7.29. The third-order valence-corrected chi connectivity index (χ3v) is 5.23. The highest BCUT2D eigenvalue weighted by atomic mass is 16.2. The van der Waals surface area contributed by atoms with Crippen molar-refractivity contribution < 1.29 is 9.59 Å². The number of carbonyl (C=O) groups is 2. The van der Waals surface area contributed by atoms with Gasteiger partial charge >= 0.3 is 0 Å². The van der Waals surface area contributed by atoms with Crippen LogP contribution in [0, 0.1) is 0 Å². The van der Waals surface area contributed by atoms with Crippen LogP contribution in [0.5, 0.6) is 0 Å². The van der Waals surface area contributed by atoms with E-state index in [9.17, 15) is 14.4 Å². The molecule has 2 aliphatic heterocycles. The smallest absolute Gasteiger partial charge is 0.271 e. The van der Waals surface area contributed by atoms with Gasteiger partial charge in [0.15, 0.2) is 0 Å². The number of aliphatic imine (C=N–C) groups is 1. The Bertz CT molecular complexity index is 996. The Labute approximate surface area is 161 Å². The fourth-order valence-electron chi connectivity index (χ4n) is 3.57. The minimum Gasteiger partial charge on any atom is -0.349 e. The maximum atomic E-state index is 12.9. The lowest BCUT2D eigenvalue weighted by atomic mass is 9.88. The molecule has 9 nitrogen and oxygen atoms in total. The maximum Gasteiger partial charge on any atom is 0.271 e. The van der Waals surface area contributed by atoms with Crippen molar-refractivity contribution in [3.05, 3.63) is 52.4 Å². The summed E-state index contributed by atoms with van der Waals surface area (Å²) >= 11 is 0. The normalized spacial score (nSPS) is 18.1. The summed E-state index contributed by atoms with van der Waals surface area (Å²) in [7, 11) is 3.65. The van der Waals surface area contributed by atoms with Crippen LogP contribution < -0.4 is 10.9 Å². The van der Waals surface area contributed by atoms with Crippen LogP contribution in [0.25, 0.3) is 5.69 Å². The number of benzene rings is 1. The van der Waals surface area contributed by atoms with Gasteiger partial charge in [-0.15, -0.1) is 0 Å². The molecule has 0 unspecified atom stereocenters. The number of carbonyl (C=O) groups excluding carboxylic acids is 2. The number of hydrogen-bond donors (Lipinski definition) is 2. The standard InChI is InChI=1S/C19H22N6O3/c1-23(2)18-20-17(28)19(21-18)8-10-24(11-9-19)16(27)14-12-15(26)25(22-14)13-6-4-3-5-7-13/h3-7,12,22H,8-11H2,1-2H3,(H,20,21,28). The summed E-state index contributed by atoms with van der Waals surface area (Å²) in [6.45, 7) is 0.796. The first-order chi connectivity index (χ1) is 13.4. The Morgan fingerprint density at radius 1 is 1.14 bits per heavy atom. The number of hydrogen-bond acceptors (Lipinski definition) is 5. The first kappa shape index (κ1) is 18.0. The van der Waals surface area contributed by atoms with E-state index in [-0.39, 0.29) is 23.1 Å². The third kappa shape index (κ3) is 2.98. The van der Waals surface area contributed by atoms with Gasteiger partial charge in [-0.25, -0.2) is 9.67 Å². The van der Waals surface area contributed by atoms with Crippen molar-refractivity contribution in [1.82, 2.24) is 24.9 Å². The summed E-state index contributed by atoms with van der Waals surface area (Å²) in [5.41, 5.74) is -0.200. The number of H-pyrrole nitrogens is 1. The van der Waals surface area contributed by atoms with Gasteiger partial charge in [-0.3, -0.25) is 24.8 Å². The molecule has 0 saturated carbocycles. The molecule has 2 N–H and O–H groups in total. The van der Waals surface area contributed by atoms with Crippen LogP contribution in [0.15, 0.2) is 46.2 Å². The monoisotopic (exact) mass is 382 g/mol. The summed E-state index contributed by atoms with van der Waals surface area (Å²) < 4.78 is 1.34. The molecule has 146 valence electrons. The molecular weight excluding hydrogens is 360 g/mol. The summed E-state index contributed by atoms with van der Waals surface area (Å²) in [6, 6.07) is 10.4. The molecule has 1 fully saturated rings. The van der Waals surface area contributed by atoms with Crippen molar-refractivity contribution in [1.29, 1.82) is 0 Å². The van der Waals surface area contributed by atoms with Crippen LogP contribution in [0.3, 0.4) is 0 Å². The second kappa shape index (κ2) is 6.66. The number of guanidine groups is 1. The quantitative estimate of drug-likeness (QED) is 0.774. The van der Waals surface area contributed by atoms with Gasteiger partial charge in [0.1, 0.15) is 11.2 Å². The SMILES string of the molecule is CN(C)C1=NC2(CCN(C(=O)c3cc(=O)n(-c4ccccc4)[nH]3)CC2)C(=O)N1. The number of likely N-dealkylation sites (tertiary alicyclic amines) is 1. The van der Waals surface area contributed by atoms with Gasteiger partial charge in [0.25, 0.3) is 17.4 Å². The van der Waals surface area contributed by atoms with Crippen LogP contribution >= 0.6 is 0 Å². The van der Waals surface area contributed by atoms with Crippen LogP contribution in [0.2, 0.25) is 0 Å². The predicted molar refractivity (Wildman–Crippen MR) is 104 cm³/mol. The van der Waals surface area contributed by atoms with Crippen molar-refractivity contribution in [2.24, 2.45) is 4.99 Å². The van der Waals surface area contributed by atoms with Crippen molar-refractivity contribution >= 4 is 17.8 Å². The molecule has 1 spiro atoms. The number of para-hydroxylation sites is 1. The molecule has 4 rings (SSSR count). The zero-order chi connectivity index (χ0) is 19.9. The molecule has 0 radical (unpaired) electrons. The topological polar surface area (TPSA) is 103 Å². The fraction of sp³-hybridized carbons (Fsp3) is 0.368. The summed E-state index contributed by atoms with van der Waals surface area (Å²) in [4.78, 5) is 45.5. The molecule has 2 aliphatic rings. The van der Waals surface area contributed by atoms with E-state index in [1.807, 2.05) is 32.3 Å². The van der Waals surface area contributed by atoms with Crippen molar-refractivity contribution in [3.8, 4) is 5.69 Å². The van der Waals surface area contributed by atoms with Gasteiger partial charge < -0.3 is 9.80 Å². The highest BCUT2D eigenvalue weighted by Crippen LogP contribution is 2.30. The minimum absolute atomic E-state index is 0.119. The van der Waals surface area contributed by atoms with Gasteiger partial charge in [0, 0.05) is 33.3 Å². The zero-order valence-electron chi connectivity index (χ0n) is 15.8. The van der Waals surface area contributed by atoms with E-state index in [1.54, 1.807) is 21.9 Å². The van der Waals surface area contributed by atoms with Gasteiger partial charge in [-0.05, 0) is 25.0 Å². The van der Waals surface area contributed by atoms with Crippen LogP contribution in [0.1, 0.15) is 23.3 Å². The minimum atomic E-state index is -0.806. The predicted octanol–water partition coefficient (Wildman–Crippen LogP) is 0.188. The highest BCUT2D eigenvalue weighted by Gasteiger charge is 2.47. The van der Waals surface area contributed by atoms with Gasteiger partial charge in [-0.2, -0.15) is 0 Å². The number of aromatic nitrogens is 2. The lowest BCUT2D eigenvalue weighted by Gasteiger charge is -2.35.